The van der Waals surface area contributed by atoms with E-state index in [4.69, 9.17) is 0 Å². The molecular formula is C9H12N2. The van der Waals surface area contributed by atoms with Crippen LogP contribution in [0.4, 0.5) is 0 Å². The Labute approximate surface area is 66.7 Å². The molecule has 0 atom stereocenters. The molecule has 1 aromatic rings. The van der Waals surface area contributed by atoms with Crippen LogP contribution in [0.25, 0.3) is 0 Å². The second-order valence-corrected chi connectivity index (χ2v) is 3.03. The van der Waals surface area contributed by atoms with Crippen LogP contribution in [0.5, 0.6) is 0 Å². The van der Waals surface area contributed by atoms with Crippen molar-refractivity contribution in [2.24, 2.45) is 0 Å². The molecule has 0 amide bonds. The summed E-state index contributed by atoms with van der Waals surface area (Å²) in [4.78, 5) is 8.60. The van der Waals surface area contributed by atoms with E-state index in [1.54, 1.807) is 0 Å². The molecule has 2 rings (SSSR count). The molecule has 11 heavy (non-hydrogen) atoms. The third kappa shape index (κ3) is 1.39. The summed E-state index contributed by atoms with van der Waals surface area (Å²) in [6, 6.07) is 2.04. The summed E-state index contributed by atoms with van der Waals surface area (Å²) < 4.78 is 0. The van der Waals surface area contributed by atoms with Gasteiger partial charge < -0.3 is 0 Å². The van der Waals surface area contributed by atoms with Gasteiger partial charge in [0, 0.05) is 24.2 Å². The molecule has 1 aromatic heterocycles. The Morgan fingerprint density at radius 1 is 1.55 bits per heavy atom. The Morgan fingerprint density at radius 3 is 3.00 bits per heavy atom. The van der Waals surface area contributed by atoms with E-state index in [0.717, 1.165) is 18.2 Å². The van der Waals surface area contributed by atoms with Crippen molar-refractivity contribution in [1.82, 2.24) is 9.97 Å². The SMILES string of the molecule is CCc1nccc(C2CC2)n1. The van der Waals surface area contributed by atoms with Gasteiger partial charge >= 0.3 is 0 Å². The minimum atomic E-state index is 0.753. The summed E-state index contributed by atoms with van der Waals surface area (Å²) in [6.45, 7) is 2.09. The largest absolute Gasteiger partial charge is 0.241 e. The van der Waals surface area contributed by atoms with Gasteiger partial charge in [0.15, 0.2) is 0 Å². The summed E-state index contributed by atoms with van der Waals surface area (Å²) in [7, 11) is 0. The molecule has 0 N–H and O–H groups in total. The van der Waals surface area contributed by atoms with Gasteiger partial charge in [0.25, 0.3) is 0 Å². The highest BCUT2D eigenvalue weighted by molar-refractivity contribution is 5.13. The fourth-order valence-corrected chi connectivity index (χ4v) is 1.19. The summed E-state index contributed by atoms with van der Waals surface area (Å²) in [5.41, 5.74) is 1.25. The van der Waals surface area contributed by atoms with Gasteiger partial charge in [-0.2, -0.15) is 0 Å². The molecule has 1 aliphatic carbocycles. The summed E-state index contributed by atoms with van der Waals surface area (Å²) >= 11 is 0. The molecular weight excluding hydrogens is 136 g/mol. The van der Waals surface area contributed by atoms with Crippen LogP contribution in [-0.4, -0.2) is 9.97 Å². The molecule has 1 aliphatic rings. The summed E-state index contributed by atoms with van der Waals surface area (Å²) in [5.74, 6) is 1.73. The number of rotatable bonds is 2. The van der Waals surface area contributed by atoms with Gasteiger partial charge in [-0.05, 0) is 18.9 Å². The van der Waals surface area contributed by atoms with Crippen molar-refractivity contribution in [3.8, 4) is 0 Å². The molecule has 0 aliphatic heterocycles. The average Bonchev–Trinajstić information content (AvgIpc) is 2.87. The minimum Gasteiger partial charge on any atom is -0.241 e. The lowest BCUT2D eigenvalue weighted by atomic mass is 10.3. The van der Waals surface area contributed by atoms with E-state index in [1.165, 1.54) is 18.5 Å². The predicted octanol–water partition coefficient (Wildman–Crippen LogP) is 1.92. The number of aromatic nitrogens is 2. The van der Waals surface area contributed by atoms with E-state index in [9.17, 15) is 0 Å². The topological polar surface area (TPSA) is 25.8 Å². The van der Waals surface area contributed by atoms with Crippen molar-refractivity contribution in [2.45, 2.75) is 32.1 Å². The number of aryl methyl sites for hydroxylation is 1. The highest BCUT2D eigenvalue weighted by Gasteiger charge is 2.24. The molecule has 0 saturated heterocycles. The Hall–Kier alpha value is -0.920. The zero-order valence-electron chi connectivity index (χ0n) is 6.75. The van der Waals surface area contributed by atoms with Gasteiger partial charge in [0.05, 0.1) is 0 Å². The van der Waals surface area contributed by atoms with Gasteiger partial charge in [0.2, 0.25) is 0 Å². The van der Waals surface area contributed by atoms with Crippen LogP contribution >= 0.6 is 0 Å². The number of hydrogen-bond acceptors (Lipinski definition) is 2. The molecule has 0 radical (unpaired) electrons. The van der Waals surface area contributed by atoms with Crippen molar-refractivity contribution in [3.05, 3.63) is 23.8 Å². The summed E-state index contributed by atoms with van der Waals surface area (Å²) in [5, 5.41) is 0. The van der Waals surface area contributed by atoms with Gasteiger partial charge in [0.1, 0.15) is 5.82 Å². The van der Waals surface area contributed by atoms with E-state index >= 15 is 0 Å². The first-order chi connectivity index (χ1) is 5.40. The van der Waals surface area contributed by atoms with Gasteiger partial charge in [-0.3, -0.25) is 0 Å². The van der Waals surface area contributed by atoms with Crippen LogP contribution in [0.3, 0.4) is 0 Å². The lowest BCUT2D eigenvalue weighted by Gasteiger charge is -1.98. The molecule has 1 saturated carbocycles. The first kappa shape index (κ1) is 6.77. The highest BCUT2D eigenvalue weighted by atomic mass is 14.9. The van der Waals surface area contributed by atoms with Crippen molar-refractivity contribution < 1.29 is 0 Å². The maximum Gasteiger partial charge on any atom is 0.128 e. The molecule has 0 spiro atoms. The lowest BCUT2D eigenvalue weighted by Crippen LogP contribution is -1.95. The smallest absolute Gasteiger partial charge is 0.128 e. The van der Waals surface area contributed by atoms with Gasteiger partial charge in [-0.1, -0.05) is 6.92 Å². The zero-order chi connectivity index (χ0) is 7.68. The molecule has 1 heterocycles. The Balaban J connectivity index is 2.26. The molecule has 0 bridgehead atoms. The second kappa shape index (κ2) is 2.61. The van der Waals surface area contributed by atoms with Crippen molar-refractivity contribution >= 4 is 0 Å². The minimum absolute atomic E-state index is 0.753. The molecule has 1 fully saturated rings. The fourth-order valence-electron chi connectivity index (χ4n) is 1.19. The molecule has 0 unspecified atom stereocenters. The quantitative estimate of drug-likeness (QED) is 0.640. The highest BCUT2D eigenvalue weighted by Crippen LogP contribution is 2.38. The van der Waals surface area contributed by atoms with Crippen LogP contribution in [0.2, 0.25) is 0 Å². The van der Waals surface area contributed by atoms with E-state index in [2.05, 4.69) is 16.9 Å². The zero-order valence-corrected chi connectivity index (χ0v) is 6.75. The van der Waals surface area contributed by atoms with Crippen molar-refractivity contribution in [1.29, 1.82) is 0 Å². The molecule has 58 valence electrons. The van der Waals surface area contributed by atoms with E-state index in [1.807, 2.05) is 12.3 Å². The normalized spacial score (nSPS) is 16.8. The van der Waals surface area contributed by atoms with Gasteiger partial charge in [-0.15, -0.1) is 0 Å². The van der Waals surface area contributed by atoms with E-state index in [0.29, 0.717) is 0 Å². The molecule has 2 nitrogen and oxygen atoms in total. The van der Waals surface area contributed by atoms with Crippen LogP contribution in [0.1, 0.15) is 37.2 Å². The predicted molar refractivity (Wildman–Crippen MR) is 43.4 cm³/mol. The lowest BCUT2D eigenvalue weighted by molar-refractivity contribution is 0.882. The van der Waals surface area contributed by atoms with Crippen LogP contribution in [0, 0.1) is 0 Å². The van der Waals surface area contributed by atoms with Crippen LogP contribution in [-0.2, 0) is 6.42 Å². The van der Waals surface area contributed by atoms with Gasteiger partial charge in [-0.25, -0.2) is 9.97 Å². The standard InChI is InChI=1S/C9H12N2/c1-2-9-10-6-5-8(11-9)7-3-4-7/h5-7H,2-4H2,1H3. The Morgan fingerprint density at radius 2 is 2.36 bits per heavy atom. The van der Waals surface area contributed by atoms with Crippen molar-refractivity contribution in [2.75, 3.05) is 0 Å². The fraction of sp³-hybridized carbons (Fsp3) is 0.556. The third-order valence-electron chi connectivity index (χ3n) is 2.04. The van der Waals surface area contributed by atoms with Crippen LogP contribution in [0.15, 0.2) is 12.3 Å². The average molecular weight is 148 g/mol. The van der Waals surface area contributed by atoms with E-state index < -0.39 is 0 Å². The van der Waals surface area contributed by atoms with E-state index in [-0.39, 0.29) is 0 Å². The Bertz CT molecular complexity index is 253. The summed E-state index contributed by atoms with van der Waals surface area (Å²) in [6.07, 6.45) is 5.46. The maximum absolute atomic E-state index is 4.44. The maximum atomic E-state index is 4.44. The van der Waals surface area contributed by atoms with Crippen molar-refractivity contribution in [3.63, 3.8) is 0 Å². The Kier molecular flexibility index (Phi) is 1.60. The molecule has 2 heteroatoms. The first-order valence-electron chi connectivity index (χ1n) is 4.22. The molecule has 0 aromatic carbocycles. The van der Waals surface area contributed by atoms with Crippen LogP contribution < -0.4 is 0 Å². The monoisotopic (exact) mass is 148 g/mol. The second-order valence-electron chi connectivity index (χ2n) is 3.03. The number of nitrogens with zero attached hydrogens (tertiary/aromatic N) is 2. The third-order valence-corrected chi connectivity index (χ3v) is 2.04. The number of hydrogen-bond donors (Lipinski definition) is 0. The first-order valence-corrected chi connectivity index (χ1v) is 4.22.